The molecule has 12 heteroatoms. The zero-order valence-corrected chi connectivity index (χ0v) is 14.7. The topological polar surface area (TPSA) is 142 Å². The summed E-state index contributed by atoms with van der Waals surface area (Å²) in [6, 6.07) is -0.597. The van der Waals surface area contributed by atoms with Crippen LogP contribution in [0, 0.1) is 0 Å². The van der Waals surface area contributed by atoms with Gasteiger partial charge in [0.2, 0.25) is 5.91 Å². The minimum absolute atomic E-state index is 0.0508. The van der Waals surface area contributed by atoms with Crippen molar-refractivity contribution in [3.63, 3.8) is 0 Å². The molecule has 2 saturated heterocycles. The number of aromatic nitrogens is 3. The number of fused-ring (bicyclic) bond motifs is 1. The quantitative estimate of drug-likeness (QED) is 0.543. The highest BCUT2D eigenvalue weighted by atomic mass is 32.2. The molecule has 0 aromatic carbocycles. The molecule has 26 heavy (non-hydrogen) atoms. The molecule has 2 fully saturated rings. The maximum absolute atomic E-state index is 11.9. The second-order valence-corrected chi connectivity index (χ2v) is 6.78. The van der Waals surface area contributed by atoms with Gasteiger partial charge in [-0.1, -0.05) is 5.21 Å². The first kappa shape index (κ1) is 18.6. The van der Waals surface area contributed by atoms with Crippen LogP contribution in [0.3, 0.4) is 0 Å². The van der Waals surface area contributed by atoms with E-state index in [0.717, 1.165) is 11.8 Å². The molecule has 2 aliphatic heterocycles. The van der Waals surface area contributed by atoms with Crippen LogP contribution in [0.25, 0.3) is 0 Å². The SMILES string of the molecule is COC(=O)c1cn(C2COC3C(NC(=O)CSCC(=O)O)COC32)nn1. The lowest BCUT2D eigenvalue weighted by Crippen LogP contribution is -2.44. The molecule has 0 saturated carbocycles. The van der Waals surface area contributed by atoms with Crippen LogP contribution in [0.1, 0.15) is 16.5 Å². The number of aliphatic carboxylic acids is 1. The summed E-state index contributed by atoms with van der Waals surface area (Å²) in [5, 5.41) is 19.1. The molecule has 0 aliphatic carbocycles. The van der Waals surface area contributed by atoms with Crippen LogP contribution in [0.15, 0.2) is 6.20 Å². The average Bonchev–Trinajstić information content (AvgIpc) is 3.30. The molecule has 4 unspecified atom stereocenters. The number of carbonyl (C=O) groups is 3. The predicted molar refractivity (Wildman–Crippen MR) is 86.8 cm³/mol. The fourth-order valence-electron chi connectivity index (χ4n) is 2.95. The van der Waals surface area contributed by atoms with Crippen molar-refractivity contribution in [1.29, 1.82) is 0 Å². The Balaban J connectivity index is 1.55. The van der Waals surface area contributed by atoms with Gasteiger partial charge in [-0.15, -0.1) is 16.9 Å². The minimum atomic E-state index is -0.965. The van der Waals surface area contributed by atoms with Gasteiger partial charge in [0.1, 0.15) is 18.2 Å². The summed E-state index contributed by atoms with van der Waals surface area (Å²) < 4.78 is 17.6. The molecule has 4 atom stereocenters. The number of ether oxygens (including phenoxy) is 3. The van der Waals surface area contributed by atoms with Crippen molar-refractivity contribution < 1.29 is 33.7 Å². The van der Waals surface area contributed by atoms with Gasteiger partial charge in [0.15, 0.2) is 5.69 Å². The Labute approximate surface area is 152 Å². The Hall–Kier alpha value is -2.18. The van der Waals surface area contributed by atoms with Crippen LogP contribution in [0.5, 0.6) is 0 Å². The molecule has 0 radical (unpaired) electrons. The molecule has 142 valence electrons. The number of carbonyl (C=O) groups excluding carboxylic acids is 2. The number of carboxylic acids is 1. The standard InChI is InChI=1S/C14H18N4O7S/c1-23-14(22)7-2-18(17-16-7)9-4-25-12-8(3-24-13(9)12)15-10(19)5-26-6-11(20)21/h2,8-9,12-13H,3-6H2,1H3,(H,15,19)(H,20,21). The number of nitrogens with one attached hydrogen (secondary N) is 1. The molecule has 1 aromatic heterocycles. The Kier molecular flexibility index (Phi) is 5.74. The Morgan fingerprint density at radius 3 is 2.85 bits per heavy atom. The first-order valence-corrected chi connectivity index (χ1v) is 8.97. The van der Waals surface area contributed by atoms with E-state index in [1.165, 1.54) is 18.0 Å². The Bertz CT molecular complexity index is 697. The van der Waals surface area contributed by atoms with E-state index in [1.807, 2.05) is 0 Å². The number of rotatable bonds is 7. The van der Waals surface area contributed by atoms with Gasteiger partial charge in [0, 0.05) is 0 Å². The lowest BCUT2D eigenvalue weighted by atomic mass is 10.1. The van der Waals surface area contributed by atoms with Crippen molar-refractivity contribution in [2.24, 2.45) is 0 Å². The fourth-order valence-corrected chi connectivity index (χ4v) is 3.49. The largest absolute Gasteiger partial charge is 0.481 e. The third kappa shape index (κ3) is 3.97. The predicted octanol–water partition coefficient (Wildman–Crippen LogP) is -1.29. The first-order valence-electron chi connectivity index (χ1n) is 7.82. The normalized spacial score (nSPS) is 27.1. The summed E-state index contributed by atoms with van der Waals surface area (Å²) in [6.45, 7) is 0.583. The molecule has 0 bridgehead atoms. The molecule has 11 nitrogen and oxygen atoms in total. The third-order valence-corrected chi connectivity index (χ3v) is 4.99. The van der Waals surface area contributed by atoms with Crippen molar-refractivity contribution >= 4 is 29.6 Å². The van der Waals surface area contributed by atoms with Crippen molar-refractivity contribution in [3.8, 4) is 0 Å². The second kappa shape index (κ2) is 8.01. The van der Waals surface area contributed by atoms with Gasteiger partial charge in [-0.25, -0.2) is 9.48 Å². The summed E-state index contributed by atoms with van der Waals surface area (Å²) in [6.07, 6.45) is 0.790. The summed E-state index contributed by atoms with van der Waals surface area (Å²) in [5.74, 6) is -1.90. The van der Waals surface area contributed by atoms with Crippen molar-refractivity contribution in [2.75, 3.05) is 31.8 Å². The summed E-state index contributed by atoms with van der Waals surface area (Å²) in [5.41, 5.74) is 0.0919. The Morgan fingerprint density at radius 2 is 2.12 bits per heavy atom. The van der Waals surface area contributed by atoms with E-state index < -0.39 is 11.9 Å². The molecular weight excluding hydrogens is 368 g/mol. The van der Waals surface area contributed by atoms with E-state index in [4.69, 9.17) is 14.6 Å². The third-order valence-electron chi connectivity index (χ3n) is 4.08. The zero-order chi connectivity index (χ0) is 18.7. The van der Waals surface area contributed by atoms with E-state index in [2.05, 4.69) is 20.4 Å². The summed E-state index contributed by atoms with van der Waals surface area (Å²) in [7, 11) is 1.26. The maximum atomic E-state index is 11.9. The molecule has 2 N–H and O–H groups in total. The van der Waals surface area contributed by atoms with Gasteiger partial charge in [-0.05, 0) is 0 Å². The fraction of sp³-hybridized carbons (Fsp3) is 0.643. The molecular formula is C14H18N4O7S. The zero-order valence-electron chi connectivity index (χ0n) is 13.9. The highest BCUT2D eigenvalue weighted by molar-refractivity contribution is 8.00. The maximum Gasteiger partial charge on any atom is 0.360 e. The highest BCUT2D eigenvalue weighted by Crippen LogP contribution is 2.33. The number of nitrogens with zero attached hydrogens (tertiary/aromatic N) is 3. The molecule has 1 amide bonds. The van der Waals surface area contributed by atoms with Crippen molar-refractivity contribution in [2.45, 2.75) is 24.3 Å². The number of amides is 1. The van der Waals surface area contributed by atoms with Crippen LogP contribution in [-0.4, -0.2) is 88.0 Å². The second-order valence-electron chi connectivity index (χ2n) is 5.80. The first-order chi connectivity index (χ1) is 12.5. The summed E-state index contributed by atoms with van der Waals surface area (Å²) >= 11 is 1.02. The number of thioether (sulfide) groups is 1. The lowest BCUT2D eigenvalue weighted by molar-refractivity contribution is -0.133. The highest BCUT2D eigenvalue weighted by Gasteiger charge is 2.49. The van der Waals surface area contributed by atoms with Crippen molar-refractivity contribution in [3.05, 3.63) is 11.9 Å². The van der Waals surface area contributed by atoms with Crippen LogP contribution < -0.4 is 5.32 Å². The average molecular weight is 386 g/mol. The van der Waals surface area contributed by atoms with E-state index in [-0.39, 0.29) is 54.0 Å². The molecule has 0 spiro atoms. The van der Waals surface area contributed by atoms with Crippen LogP contribution in [0.2, 0.25) is 0 Å². The lowest BCUT2D eigenvalue weighted by Gasteiger charge is -2.17. The van der Waals surface area contributed by atoms with Gasteiger partial charge in [-0.2, -0.15) is 0 Å². The van der Waals surface area contributed by atoms with Gasteiger partial charge in [0.25, 0.3) is 0 Å². The number of methoxy groups -OCH3 is 1. The minimum Gasteiger partial charge on any atom is -0.481 e. The van der Waals surface area contributed by atoms with E-state index in [1.54, 1.807) is 0 Å². The van der Waals surface area contributed by atoms with Gasteiger partial charge < -0.3 is 24.6 Å². The van der Waals surface area contributed by atoms with Crippen LogP contribution in [0.4, 0.5) is 0 Å². The number of carboxylic acid groups (broad SMARTS) is 1. The molecule has 1 aromatic rings. The van der Waals surface area contributed by atoms with Gasteiger partial charge >= 0.3 is 11.9 Å². The molecule has 3 rings (SSSR count). The monoisotopic (exact) mass is 386 g/mol. The smallest absolute Gasteiger partial charge is 0.360 e. The molecule has 2 aliphatic rings. The van der Waals surface area contributed by atoms with Crippen molar-refractivity contribution in [1.82, 2.24) is 20.3 Å². The van der Waals surface area contributed by atoms with Crippen LogP contribution >= 0.6 is 11.8 Å². The van der Waals surface area contributed by atoms with E-state index in [9.17, 15) is 14.4 Å². The summed E-state index contributed by atoms with van der Waals surface area (Å²) in [4.78, 5) is 33.9. The number of esters is 1. The number of hydrogen-bond donors (Lipinski definition) is 2. The van der Waals surface area contributed by atoms with Gasteiger partial charge in [-0.3, -0.25) is 9.59 Å². The number of hydrogen-bond acceptors (Lipinski definition) is 9. The molecule has 3 heterocycles. The van der Waals surface area contributed by atoms with Gasteiger partial charge in [0.05, 0.1) is 44.1 Å². The van der Waals surface area contributed by atoms with E-state index in [0.29, 0.717) is 6.61 Å². The Morgan fingerprint density at radius 1 is 1.35 bits per heavy atom. The van der Waals surface area contributed by atoms with Crippen LogP contribution in [-0.2, 0) is 23.8 Å². The van der Waals surface area contributed by atoms with E-state index >= 15 is 0 Å².